The van der Waals surface area contributed by atoms with Gasteiger partial charge in [0.25, 0.3) is 0 Å². The van der Waals surface area contributed by atoms with E-state index < -0.39 is 6.04 Å². The first-order chi connectivity index (χ1) is 10.5. The Balaban J connectivity index is 3.66. The van der Waals surface area contributed by atoms with Gasteiger partial charge in [-0.25, -0.2) is 4.79 Å². The largest absolute Gasteiger partial charge is 0.467 e. The van der Waals surface area contributed by atoms with Gasteiger partial charge in [0.2, 0.25) is 5.91 Å². The van der Waals surface area contributed by atoms with Gasteiger partial charge in [0, 0.05) is 6.42 Å². The molecule has 0 aliphatic rings. The molecule has 0 aromatic rings. The van der Waals surface area contributed by atoms with E-state index in [1.165, 1.54) is 52.1 Å². The number of rotatable bonds is 13. The zero-order valence-electron chi connectivity index (χ0n) is 15.0. The molecule has 0 aromatic heterocycles. The lowest BCUT2D eigenvalue weighted by atomic mass is 10.0. The highest BCUT2D eigenvalue weighted by Gasteiger charge is 2.24. The molecule has 0 saturated heterocycles. The third kappa shape index (κ3) is 10.6. The maximum atomic E-state index is 11.9. The van der Waals surface area contributed by atoms with Crippen LogP contribution in [0.4, 0.5) is 0 Å². The minimum atomic E-state index is -0.531. The van der Waals surface area contributed by atoms with Crippen LogP contribution in [0.25, 0.3) is 0 Å². The van der Waals surface area contributed by atoms with Crippen LogP contribution in [-0.4, -0.2) is 25.0 Å². The highest BCUT2D eigenvalue weighted by Crippen LogP contribution is 2.11. The van der Waals surface area contributed by atoms with Crippen molar-refractivity contribution in [2.24, 2.45) is 5.92 Å². The molecule has 0 fully saturated rings. The summed E-state index contributed by atoms with van der Waals surface area (Å²) in [6.45, 7) is 6.04. The van der Waals surface area contributed by atoms with Crippen molar-refractivity contribution in [2.45, 2.75) is 91.0 Å². The Bertz CT molecular complexity index is 303. The molecule has 4 nitrogen and oxygen atoms in total. The molecule has 4 heteroatoms. The van der Waals surface area contributed by atoms with Crippen molar-refractivity contribution in [2.75, 3.05) is 7.11 Å². The molecule has 0 aliphatic carbocycles. The highest BCUT2D eigenvalue weighted by molar-refractivity contribution is 5.84. The topological polar surface area (TPSA) is 55.4 Å². The minimum Gasteiger partial charge on any atom is -0.467 e. The Morgan fingerprint density at radius 3 is 1.86 bits per heavy atom. The number of ether oxygens (including phenoxy) is 1. The molecule has 0 radical (unpaired) electrons. The van der Waals surface area contributed by atoms with Gasteiger partial charge in [-0.3, -0.25) is 4.79 Å². The number of unbranched alkanes of at least 4 members (excludes halogenated alkanes) is 8. The van der Waals surface area contributed by atoms with Crippen molar-refractivity contribution >= 4 is 11.9 Å². The normalized spacial score (nSPS) is 12.2. The second-order valence-corrected chi connectivity index (χ2v) is 6.39. The van der Waals surface area contributed by atoms with Crippen LogP contribution in [0.15, 0.2) is 0 Å². The molecule has 0 spiro atoms. The van der Waals surface area contributed by atoms with Gasteiger partial charge in [-0.05, 0) is 12.3 Å². The van der Waals surface area contributed by atoms with E-state index >= 15 is 0 Å². The number of carbonyl (C=O) groups excluding carboxylic acids is 2. The van der Waals surface area contributed by atoms with E-state index in [2.05, 4.69) is 12.2 Å². The molecule has 0 rings (SSSR count). The molecule has 22 heavy (non-hydrogen) atoms. The van der Waals surface area contributed by atoms with E-state index in [1.807, 2.05) is 13.8 Å². The third-order valence-corrected chi connectivity index (χ3v) is 3.95. The Hall–Kier alpha value is -1.06. The molecule has 0 aromatic carbocycles. The van der Waals surface area contributed by atoms with Crippen LogP contribution < -0.4 is 5.32 Å². The lowest BCUT2D eigenvalue weighted by Gasteiger charge is -2.19. The summed E-state index contributed by atoms with van der Waals surface area (Å²) in [4.78, 5) is 23.4. The van der Waals surface area contributed by atoms with E-state index in [1.54, 1.807) is 0 Å². The van der Waals surface area contributed by atoms with Gasteiger partial charge in [0.1, 0.15) is 6.04 Å². The Morgan fingerprint density at radius 2 is 1.41 bits per heavy atom. The van der Waals surface area contributed by atoms with Gasteiger partial charge in [-0.2, -0.15) is 0 Å². The van der Waals surface area contributed by atoms with E-state index in [-0.39, 0.29) is 17.8 Å². The Labute approximate surface area is 136 Å². The first-order valence-electron chi connectivity index (χ1n) is 8.90. The minimum absolute atomic E-state index is 0.0412. The summed E-state index contributed by atoms with van der Waals surface area (Å²) in [7, 11) is 1.35. The molecular formula is C18H35NO3. The third-order valence-electron chi connectivity index (χ3n) is 3.95. The predicted octanol–water partition coefficient (Wildman–Crippen LogP) is 4.22. The zero-order chi connectivity index (χ0) is 16.8. The van der Waals surface area contributed by atoms with Crippen molar-refractivity contribution in [3.63, 3.8) is 0 Å². The molecule has 1 N–H and O–H groups in total. The maximum Gasteiger partial charge on any atom is 0.328 e. The summed E-state index contributed by atoms with van der Waals surface area (Å²) in [6, 6.07) is -0.531. The van der Waals surface area contributed by atoms with Gasteiger partial charge in [-0.15, -0.1) is 0 Å². The average Bonchev–Trinajstić information content (AvgIpc) is 2.50. The fourth-order valence-electron chi connectivity index (χ4n) is 2.47. The SMILES string of the molecule is CCCCCCCCCCCC(=O)NC(C(=O)OC)C(C)C. The first kappa shape index (κ1) is 20.9. The summed E-state index contributed by atoms with van der Waals surface area (Å²) in [5.74, 6) is -0.373. The van der Waals surface area contributed by atoms with Crippen molar-refractivity contribution in [3.8, 4) is 0 Å². The zero-order valence-corrected chi connectivity index (χ0v) is 15.0. The summed E-state index contributed by atoms with van der Waals surface area (Å²) < 4.78 is 4.72. The van der Waals surface area contributed by atoms with Gasteiger partial charge < -0.3 is 10.1 Å². The number of hydrogen-bond acceptors (Lipinski definition) is 3. The number of carbonyl (C=O) groups is 2. The van der Waals surface area contributed by atoms with Gasteiger partial charge in [0.05, 0.1) is 7.11 Å². The number of methoxy groups -OCH3 is 1. The smallest absolute Gasteiger partial charge is 0.328 e. The van der Waals surface area contributed by atoms with Gasteiger partial charge in [0.15, 0.2) is 0 Å². The van der Waals surface area contributed by atoms with Gasteiger partial charge >= 0.3 is 5.97 Å². The number of hydrogen-bond donors (Lipinski definition) is 1. The Kier molecular flexibility index (Phi) is 12.9. The van der Waals surface area contributed by atoms with E-state index in [9.17, 15) is 9.59 Å². The standard InChI is InChI=1S/C18H35NO3/c1-5-6-7-8-9-10-11-12-13-14-16(20)19-17(15(2)3)18(21)22-4/h15,17H,5-14H2,1-4H3,(H,19,20). The molecule has 1 amide bonds. The molecular weight excluding hydrogens is 278 g/mol. The molecule has 0 saturated carbocycles. The van der Waals surface area contributed by atoms with Crippen LogP contribution in [0, 0.1) is 5.92 Å². The number of amides is 1. The number of nitrogens with one attached hydrogen (secondary N) is 1. The second-order valence-electron chi connectivity index (χ2n) is 6.39. The fraction of sp³-hybridized carbons (Fsp3) is 0.889. The molecule has 0 aliphatic heterocycles. The van der Waals surface area contributed by atoms with Crippen LogP contribution in [-0.2, 0) is 14.3 Å². The summed E-state index contributed by atoms with van der Waals surface area (Å²) in [6.07, 6.45) is 11.6. The predicted molar refractivity (Wildman–Crippen MR) is 90.6 cm³/mol. The Morgan fingerprint density at radius 1 is 0.909 bits per heavy atom. The van der Waals surface area contributed by atoms with Gasteiger partial charge in [-0.1, -0.05) is 72.1 Å². The molecule has 1 atom stereocenters. The van der Waals surface area contributed by atoms with Crippen LogP contribution >= 0.6 is 0 Å². The maximum absolute atomic E-state index is 11.9. The quantitative estimate of drug-likeness (QED) is 0.409. The molecule has 130 valence electrons. The molecule has 0 heterocycles. The highest BCUT2D eigenvalue weighted by atomic mass is 16.5. The lowest BCUT2D eigenvalue weighted by Crippen LogP contribution is -2.44. The van der Waals surface area contributed by atoms with E-state index in [0.29, 0.717) is 6.42 Å². The lowest BCUT2D eigenvalue weighted by molar-refractivity contribution is -0.146. The fourth-order valence-corrected chi connectivity index (χ4v) is 2.47. The summed E-state index contributed by atoms with van der Waals surface area (Å²) >= 11 is 0. The van der Waals surface area contributed by atoms with Crippen LogP contribution in [0.1, 0.15) is 85.0 Å². The molecule has 1 unspecified atom stereocenters. The van der Waals surface area contributed by atoms with Crippen molar-refractivity contribution in [3.05, 3.63) is 0 Å². The second kappa shape index (κ2) is 13.6. The van der Waals surface area contributed by atoms with Crippen molar-refractivity contribution < 1.29 is 14.3 Å². The summed E-state index contributed by atoms with van der Waals surface area (Å²) in [5.41, 5.74) is 0. The molecule has 0 bridgehead atoms. The van der Waals surface area contributed by atoms with E-state index in [4.69, 9.17) is 4.74 Å². The first-order valence-corrected chi connectivity index (χ1v) is 8.90. The van der Waals surface area contributed by atoms with Crippen LogP contribution in [0.2, 0.25) is 0 Å². The average molecular weight is 313 g/mol. The monoisotopic (exact) mass is 313 g/mol. The van der Waals surface area contributed by atoms with Crippen molar-refractivity contribution in [1.29, 1.82) is 0 Å². The van der Waals surface area contributed by atoms with Crippen molar-refractivity contribution in [1.82, 2.24) is 5.32 Å². The number of esters is 1. The van der Waals surface area contributed by atoms with Crippen LogP contribution in [0.5, 0.6) is 0 Å². The summed E-state index contributed by atoms with van der Waals surface area (Å²) in [5, 5.41) is 2.78. The van der Waals surface area contributed by atoms with E-state index in [0.717, 1.165) is 12.8 Å². The van der Waals surface area contributed by atoms with Crippen LogP contribution in [0.3, 0.4) is 0 Å².